The molecule has 1 N–H and O–H groups in total. The van der Waals surface area contributed by atoms with E-state index in [9.17, 15) is 4.79 Å². The maximum Gasteiger partial charge on any atom is 0.407 e. The van der Waals surface area contributed by atoms with Gasteiger partial charge in [-0.1, -0.05) is 0 Å². The molecular formula is C10H12ClN5O2. The number of carboxylic acid groups (broad SMARTS) is 1. The standard InChI is InChI=1S/C10H12ClN5O2/c11-8-12-5-13-9(14-8)15-3-6-1-2-7(4-15)16(6)10(17)18/h5-7H,1-4H2,(H,17,18). The zero-order valence-corrected chi connectivity index (χ0v) is 10.3. The quantitative estimate of drug-likeness (QED) is 0.814. The fourth-order valence-electron chi connectivity index (χ4n) is 2.80. The molecule has 0 saturated carbocycles. The summed E-state index contributed by atoms with van der Waals surface area (Å²) in [6.07, 6.45) is 2.32. The first kappa shape index (κ1) is 11.5. The van der Waals surface area contributed by atoms with E-state index in [4.69, 9.17) is 16.7 Å². The molecule has 2 aliphatic rings. The fourth-order valence-corrected chi connectivity index (χ4v) is 2.92. The minimum Gasteiger partial charge on any atom is -0.465 e. The first-order chi connectivity index (χ1) is 8.65. The number of carbonyl (C=O) groups is 1. The third-order valence-electron chi connectivity index (χ3n) is 3.52. The zero-order chi connectivity index (χ0) is 12.7. The van der Waals surface area contributed by atoms with Gasteiger partial charge in [0.25, 0.3) is 0 Å². The van der Waals surface area contributed by atoms with Crippen molar-refractivity contribution in [3.05, 3.63) is 11.6 Å². The summed E-state index contributed by atoms with van der Waals surface area (Å²) in [5.41, 5.74) is 0. The Hall–Kier alpha value is -1.63. The van der Waals surface area contributed by atoms with E-state index in [-0.39, 0.29) is 17.4 Å². The summed E-state index contributed by atoms with van der Waals surface area (Å²) in [6.45, 7) is 1.23. The molecule has 2 fully saturated rings. The summed E-state index contributed by atoms with van der Waals surface area (Å²) in [4.78, 5) is 26.6. The van der Waals surface area contributed by atoms with Crippen LogP contribution in [-0.2, 0) is 0 Å². The van der Waals surface area contributed by atoms with Crippen LogP contribution in [0.15, 0.2) is 6.33 Å². The minimum atomic E-state index is -0.837. The van der Waals surface area contributed by atoms with Crippen LogP contribution in [0, 0.1) is 0 Å². The Balaban J connectivity index is 1.82. The van der Waals surface area contributed by atoms with Crippen LogP contribution in [0.1, 0.15) is 12.8 Å². The summed E-state index contributed by atoms with van der Waals surface area (Å²) < 4.78 is 0. The molecule has 0 radical (unpaired) electrons. The van der Waals surface area contributed by atoms with E-state index >= 15 is 0 Å². The van der Waals surface area contributed by atoms with E-state index in [1.165, 1.54) is 6.33 Å². The van der Waals surface area contributed by atoms with Crippen molar-refractivity contribution < 1.29 is 9.90 Å². The van der Waals surface area contributed by atoms with Crippen molar-refractivity contribution in [2.24, 2.45) is 0 Å². The lowest BCUT2D eigenvalue weighted by Crippen LogP contribution is -2.55. The number of hydrogen-bond acceptors (Lipinski definition) is 5. The monoisotopic (exact) mass is 269 g/mol. The minimum absolute atomic E-state index is 0.0248. The van der Waals surface area contributed by atoms with E-state index in [1.807, 2.05) is 4.90 Å². The summed E-state index contributed by atoms with van der Waals surface area (Å²) in [5, 5.41) is 9.33. The van der Waals surface area contributed by atoms with Gasteiger partial charge in [-0.2, -0.15) is 4.98 Å². The maximum atomic E-state index is 11.2. The van der Waals surface area contributed by atoms with Gasteiger partial charge in [-0.15, -0.1) is 0 Å². The molecule has 0 aliphatic carbocycles. The van der Waals surface area contributed by atoms with Crippen molar-refractivity contribution in [3.8, 4) is 0 Å². The number of fused-ring (bicyclic) bond motifs is 2. The highest BCUT2D eigenvalue weighted by Gasteiger charge is 2.43. The van der Waals surface area contributed by atoms with E-state index in [0.29, 0.717) is 19.0 Å². The predicted octanol–water partition coefficient (Wildman–Crippen LogP) is 0.856. The number of anilines is 1. The summed E-state index contributed by atoms with van der Waals surface area (Å²) in [7, 11) is 0. The highest BCUT2D eigenvalue weighted by atomic mass is 35.5. The summed E-state index contributed by atoms with van der Waals surface area (Å²) in [6, 6.07) is 0.0496. The molecular weight excluding hydrogens is 258 g/mol. The van der Waals surface area contributed by atoms with Crippen molar-refractivity contribution in [1.29, 1.82) is 0 Å². The van der Waals surface area contributed by atoms with Gasteiger partial charge in [0, 0.05) is 13.1 Å². The van der Waals surface area contributed by atoms with Crippen LogP contribution in [0.3, 0.4) is 0 Å². The van der Waals surface area contributed by atoms with Crippen LogP contribution in [0.2, 0.25) is 5.28 Å². The lowest BCUT2D eigenvalue weighted by Gasteiger charge is -2.39. The van der Waals surface area contributed by atoms with E-state index in [2.05, 4.69) is 15.0 Å². The van der Waals surface area contributed by atoms with Crippen molar-refractivity contribution in [3.63, 3.8) is 0 Å². The second kappa shape index (κ2) is 4.24. The number of nitrogens with zero attached hydrogens (tertiary/aromatic N) is 5. The largest absolute Gasteiger partial charge is 0.465 e. The highest BCUT2D eigenvalue weighted by Crippen LogP contribution is 2.31. The summed E-state index contributed by atoms with van der Waals surface area (Å²) >= 11 is 5.74. The molecule has 2 atom stereocenters. The van der Waals surface area contributed by atoms with Gasteiger partial charge >= 0.3 is 6.09 Å². The second-order valence-electron chi connectivity index (χ2n) is 4.53. The van der Waals surface area contributed by atoms with Crippen LogP contribution in [0.4, 0.5) is 10.7 Å². The topological polar surface area (TPSA) is 82.5 Å². The first-order valence-electron chi connectivity index (χ1n) is 5.76. The first-order valence-corrected chi connectivity index (χ1v) is 6.13. The number of rotatable bonds is 1. The zero-order valence-electron chi connectivity index (χ0n) is 9.53. The SMILES string of the molecule is O=C(O)N1C2CCC1CN(c1ncnc(Cl)n1)C2. The fraction of sp³-hybridized carbons (Fsp3) is 0.600. The Labute approximate surface area is 108 Å². The molecule has 2 bridgehead atoms. The summed E-state index contributed by atoms with van der Waals surface area (Å²) in [5.74, 6) is 0.525. The number of amides is 1. The van der Waals surface area contributed by atoms with Crippen LogP contribution in [-0.4, -0.2) is 56.2 Å². The Morgan fingerprint density at radius 3 is 2.56 bits per heavy atom. The molecule has 7 nitrogen and oxygen atoms in total. The second-order valence-corrected chi connectivity index (χ2v) is 4.87. The van der Waals surface area contributed by atoms with Gasteiger partial charge in [0.05, 0.1) is 12.1 Å². The molecule has 18 heavy (non-hydrogen) atoms. The van der Waals surface area contributed by atoms with E-state index < -0.39 is 6.09 Å². The van der Waals surface area contributed by atoms with Crippen molar-refractivity contribution in [2.75, 3.05) is 18.0 Å². The van der Waals surface area contributed by atoms with Gasteiger partial charge in [-0.3, -0.25) is 4.90 Å². The van der Waals surface area contributed by atoms with Gasteiger partial charge in [0.2, 0.25) is 11.2 Å². The van der Waals surface area contributed by atoms with Crippen LogP contribution in [0.5, 0.6) is 0 Å². The lowest BCUT2D eigenvalue weighted by atomic mass is 10.2. The Morgan fingerprint density at radius 1 is 1.33 bits per heavy atom. The van der Waals surface area contributed by atoms with Crippen LogP contribution >= 0.6 is 11.6 Å². The molecule has 3 heterocycles. The van der Waals surface area contributed by atoms with Crippen molar-refractivity contribution in [2.45, 2.75) is 24.9 Å². The van der Waals surface area contributed by atoms with Crippen LogP contribution < -0.4 is 4.90 Å². The molecule has 1 amide bonds. The average Bonchev–Trinajstić information content (AvgIpc) is 2.61. The van der Waals surface area contributed by atoms with Gasteiger partial charge in [-0.25, -0.2) is 14.8 Å². The third-order valence-corrected chi connectivity index (χ3v) is 3.70. The van der Waals surface area contributed by atoms with E-state index in [0.717, 1.165) is 12.8 Å². The maximum absolute atomic E-state index is 11.2. The number of halogens is 1. The van der Waals surface area contributed by atoms with Gasteiger partial charge in [0.15, 0.2) is 0 Å². The normalized spacial score (nSPS) is 26.5. The molecule has 2 aliphatic heterocycles. The molecule has 2 unspecified atom stereocenters. The van der Waals surface area contributed by atoms with Gasteiger partial charge < -0.3 is 10.0 Å². The highest BCUT2D eigenvalue weighted by molar-refractivity contribution is 6.28. The average molecular weight is 270 g/mol. The Kier molecular flexibility index (Phi) is 2.70. The number of hydrogen-bond donors (Lipinski definition) is 1. The molecule has 8 heteroatoms. The molecule has 1 aromatic rings. The number of aromatic nitrogens is 3. The van der Waals surface area contributed by atoms with E-state index in [1.54, 1.807) is 4.90 Å². The number of piperazine rings is 1. The van der Waals surface area contributed by atoms with Crippen LogP contribution in [0.25, 0.3) is 0 Å². The van der Waals surface area contributed by atoms with Gasteiger partial charge in [-0.05, 0) is 24.4 Å². The molecule has 2 saturated heterocycles. The predicted molar refractivity (Wildman–Crippen MR) is 63.7 cm³/mol. The molecule has 3 rings (SSSR count). The molecule has 1 aromatic heterocycles. The Bertz CT molecular complexity index is 471. The van der Waals surface area contributed by atoms with Crippen molar-refractivity contribution >= 4 is 23.6 Å². The third kappa shape index (κ3) is 1.84. The lowest BCUT2D eigenvalue weighted by molar-refractivity contribution is 0.114. The molecule has 0 aromatic carbocycles. The smallest absolute Gasteiger partial charge is 0.407 e. The Morgan fingerprint density at radius 2 is 2.00 bits per heavy atom. The molecule has 0 spiro atoms. The molecule has 96 valence electrons. The van der Waals surface area contributed by atoms with Crippen molar-refractivity contribution in [1.82, 2.24) is 19.9 Å². The van der Waals surface area contributed by atoms with Gasteiger partial charge in [0.1, 0.15) is 6.33 Å².